The lowest BCUT2D eigenvalue weighted by molar-refractivity contribution is 0.664. The molecular formula is C69H51N3. The van der Waals surface area contributed by atoms with E-state index < -0.39 is 0 Å². The fourth-order valence-corrected chi connectivity index (χ4v) is 10.3. The van der Waals surface area contributed by atoms with Crippen LogP contribution in [-0.4, -0.2) is 5.71 Å². The van der Waals surface area contributed by atoms with Gasteiger partial charge in [0, 0.05) is 11.3 Å². The van der Waals surface area contributed by atoms with Crippen LogP contribution in [0, 0.1) is 0 Å². The second kappa shape index (κ2) is 20.0. The van der Waals surface area contributed by atoms with E-state index in [0.29, 0.717) is 0 Å². The molecule has 0 fully saturated rings. The molecule has 0 bridgehead atoms. The molecule has 72 heavy (non-hydrogen) atoms. The minimum Gasteiger partial charge on any atom is -0.373 e. The van der Waals surface area contributed by atoms with Crippen molar-refractivity contribution in [2.45, 2.75) is 12.2 Å². The van der Waals surface area contributed by atoms with Crippen LogP contribution in [0.1, 0.15) is 56.7 Å². The number of benzene rings is 10. The molecular weight excluding hydrogens is 871 g/mol. The van der Waals surface area contributed by atoms with Crippen LogP contribution in [0.2, 0.25) is 0 Å². The lowest BCUT2D eigenvalue weighted by atomic mass is 9.76. The first-order chi connectivity index (χ1) is 35.7. The summed E-state index contributed by atoms with van der Waals surface area (Å²) in [6.07, 6.45) is 1.90. The maximum absolute atomic E-state index is 5.44. The van der Waals surface area contributed by atoms with E-state index >= 15 is 0 Å². The Morgan fingerprint density at radius 2 is 0.694 bits per heavy atom. The molecule has 0 saturated heterocycles. The smallest absolute Gasteiger partial charge is 0.145 e. The van der Waals surface area contributed by atoms with Crippen molar-refractivity contribution < 1.29 is 0 Å². The maximum atomic E-state index is 5.44. The molecule has 2 aliphatic heterocycles. The van der Waals surface area contributed by atoms with Gasteiger partial charge in [-0.3, -0.25) is 4.99 Å². The number of allylic oxidation sites excluding steroid dienone is 3. The van der Waals surface area contributed by atoms with Crippen LogP contribution < -0.4 is 10.6 Å². The van der Waals surface area contributed by atoms with Crippen molar-refractivity contribution in [3.63, 3.8) is 0 Å². The number of hydrogen-bond donors (Lipinski definition) is 2. The van der Waals surface area contributed by atoms with Gasteiger partial charge in [-0.1, -0.05) is 261 Å². The Kier molecular flexibility index (Phi) is 12.2. The van der Waals surface area contributed by atoms with Crippen LogP contribution in [0.4, 0.5) is 0 Å². The third-order valence-corrected chi connectivity index (χ3v) is 13.8. The second-order valence-electron chi connectivity index (χ2n) is 18.3. The van der Waals surface area contributed by atoms with Crippen molar-refractivity contribution in [1.82, 2.24) is 10.6 Å². The second-order valence-corrected chi connectivity index (χ2v) is 18.3. The number of rotatable bonds is 11. The van der Waals surface area contributed by atoms with Gasteiger partial charge in [0.15, 0.2) is 0 Å². The van der Waals surface area contributed by atoms with Gasteiger partial charge in [-0.2, -0.15) is 0 Å². The highest BCUT2D eigenvalue weighted by Gasteiger charge is 2.33. The molecule has 3 heteroatoms. The van der Waals surface area contributed by atoms with Gasteiger partial charge in [0.05, 0.1) is 17.5 Å². The van der Waals surface area contributed by atoms with E-state index in [-0.39, 0.29) is 12.2 Å². The summed E-state index contributed by atoms with van der Waals surface area (Å²) in [6.45, 7) is 0. The first kappa shape index (κ1) is 43.9. The summed E-state index contributed by atoms with van der Waals surface area (Å²) >= 11 is 0. The minimum absolute atomic E-state index is 0.122. The molecule has 0 spiro atoms. The zero-order chi connectivity index (χ0) is 48.1. The van der Waals surface area contributed by atoms with E-state index in [2.05, 4.69) is 296 Å². The van der Waals surface area contributed by atoms with Crippen LogP contribution in [-0.2, 0) is 0 Å². The third-order valence-electron chi connectivity index (χ3n) is 13.8. The fourth-order valence-electron chi connectivity index (χ4n) is 10.3. The molecule has 0 aromatic heterocycles. The van der Waals surface area contributed by atoms with Crippen LogP contribution in [0.3, 0.4) is 0 Å². The van der Waals surface area contributed by atoms with E-state index in [1.54, 1.807) is 0 Å². The Labute approximate surface area is 422 Å². The van der Waals surface area contributed by atoms with Gasteiger partial charge in [-0.25, -0.2) is 0 Å². The normalized spacial score (nSPS) is 15.5. The quantitative estimate of drug-likeness (QED) is 0.136. The zero-order valence-electron chi connectivity index (χ0n) is 39.7. The van der Waals surface area contributed by atoms with Gasteiger partial charge >= 0.3 is 0 Å². The summed E-state index contributed by atoms with van der Waals surface area (Å²) in [5.74, 6) is 0. The molecule has 0 aliphatic carbocycles. The Morgan fingerprint density at radius 3 is 1.29 bits per heavy atom. The highest BCUT2D eigenvalue weighted by Crippen LogP contribution is 2.50. The first-order valence-electron chi connectivity index (χ1n) is 24.8. The van der Waals surface area contributed by atoms with Crippen molar-refractivity contribution >= 4 is 33.8 Å². The molecule has 2 N–H and O–H groups in total. The molecule has 0 amide bonds. The lowest BCUT2D eigenvalue weighted by Crippen LogP contribution is -2.27. The van der Waals surface area contributed by atoms with E-state index in [0.717, 1.165) is 67.2 Å². The van der Waals surface area contributed by atoms with Gasteiger partial charge in [0.25, 0.3) is 0 Å². The number of dihydropyridines is 1. The summed E-state index contributed by atoms with van der Waals surface area (Å²) in [4.78, 5) is 5.44. The van der Waals surface area contributed by atoms with Gasteiger partial charge in [-0.15, -0.1) is 0 Å². The van der Waals surface area contributed by atoms with Crippen molar-refractivity contribution in [3.05, 3.63) is 330 Å². The standard InChI is InChI=1S/C69H51N3/c1-7-22-48(23-8-1)56-34-19-37-59(44-56)63-47-62(70-69(71-63)61-39-21-36-58(46-61)49-24-9-2-10-25-49)51-42-40-50(41-43-51)57-35-20-38-60(45-57)64-65(52-26-11-3-12-27-52)67(54-30-15-5-16-31-54)72-68(55-32-17-6-18-33-55)66(64)53-28-13-4-14-29-53/h1-47,67,69,71-72H. The summed E-state index contributed by atoms with van der Waals surface area (Å²) in [5.41, 5.74) is 22.7. The maximum Gasteiger partial charge on any atom is 0.145 e. The predicted octanol–water partition coefficient (Wildman–Crippen LogP) is 16.6. The van der Waals surface area contributed by atoms with Crippen molar-refractivity contribution in [3.8, 4) is 33.4 Å². The van der Waals surface area contributed by atoms with E-state index in [4.69, 9.17) is 4.99 Å². The van der Waals surface area contributed by atoms with Crippen molar-refractivity contribution in [2.75, 3.05) is 0 Å². The summed E-state index contributed by atoms with van der Waals surface area (Å²) in [6, 6.07) is 100.0. The molecule has 2 aliphatic rings. The van der Waals surface area contributed by atoms with Crippen molar-refractivity contribution in [1.29, 1.82) is 0 Å². The Hall–Kier alpha value is -9.31. The van der Waals surface area contributed by atoms with Crippen LogP contribution in [0.5, 0.6) is 0 Å². The fraction of sp³-hybridized carbons (Fsp3) is 0.0290. The Balaban J connectivity index is 0.973. The molecule has 10 aromatic rings. The monoisotopic (exact) mass is 921 g/mol. The molecule has 0 radical (unpaired) electrons. The minimum atomic E-state index is -0.301. The molecule has 342 valence electrons. The average Bonchev–Trinajstić information content (AvgIpc) is 3.48. The zero-order valence-corrected chi connectivity index (χ0v) is 39.7. The van der Waals surface area contributed by atoms with E-state index in [9.17, 15) is 0 Å². The molecule has 10 aromatic carbocycles. The first-order valence-corrected chi connectivity index (χ1v) is 24.8. The molecule has 2 unspecified atom stereocenters. The molecule has 3 nitrogen and oxygen atoms in total. The lowest BCUT2D eigenvalue weighted by Gasteiger charge is -2.36. The van der Waals surface area contributed by atoms with E-state index in [1.165, 1.54) is 44.5 Å². The Bertz CT molecular complexity index is 3630. The van der Waals surface area contributed by atoms with Gasteiger partial charge < -0.3 is 10.6 Å². The highest BCUT2D eigenvalue weighted by molar-refractivity contribution is 6.24. The summed E-state index contributed by atoms with van der Waals surface area (Å²) in [7, 11) is 0. The number of hydrogen-bond acceptors (Lipinski definition) is 3. The SMILES string of the molecule is C1=C(c2cccc(-c3ccccc3)c2)NC(c2cccc(-c3ccccc3)c2)N=C1c1ccc(-c2cccc(C3=C(c4ccccc4)C(c4ccccc4)NC(c4ccccc4)=C3c3ccccc3)c2)cc1. The number of nitrogens with zero attached hydrogens (tertiary/aromatic N) is 1. The predicted molar refractivity (Wildman–Crippen MR) is 301 cm³/mol. The topological polar surface area (TPSA) is 36.4 Å². The van der Waals surface area contributed by atoms with Gasteiger partial charge in [0.2, 0.25) is 0 Å². The number of aliphatic imine (C=N–C) groups is 1. The summed E-state index contributed by atoms with van der Waals surface area (Å²) in [5, 5.41) is 7.95. The van der Waals surface area contributed by atoms with E-state index in [1.807, 2.05) is 0 Å². The van der Waals surface area contributed by atoms with Crippen LogP contribution in [0.15, 0.2) is 290 Å². The molecule has 12 rings (SSSR count). The average molecular weight is 922 g/mol. The Morgan fingerprint density at radius 1 is 0.278 bits per heavy atom. The van der Waals surface area contributed by atoms with Crippen LogP contribution >= 0.6 is 0 Å². The highest BCUT2D eigenvalue weighted by atomic mass is 15.1. The van der Waals surface area contributed by atoms with Crippen LogP contribution in [0.25, 0.3) is 61.5 Å². The molecule has 2 heterocycles. The third kappa shape index (κ3) is 9.04. The summed E-state index contributed by atoms with van der Waals surface area (Å²) < 4.78 is 0. The largest absolute Gasteiger partial charge is 0.373 e. The number of nitrogens with one attached hydrogen (secondary N) is 2. The van der Waals surface area contributed by atoms with Crippen molar-refractivity contribution in [2.24, 2.45) is 4.99 Å². The molecule has 2 atom stereocenters. The van der Waals surface area contributed by atoms with Gasteiger partial charge in [0.1, 0.15) is 6.17 Å². The molecule has 0 saturated carbocycles. The van der Waals surface area contributed by atoms with Gasteiger partial charge in [-0.05, 0) is 113 Å².